The Balaban J connectivity index is 1.87. The Morgan fingerprint density at radius 2 is 0.710 bits per heavy atom. The molecule has 0 saturated heterocycles. The van der Waals surface area contributed by atoms with E-state index in [-0.39, 0.29) is 0 Å². The number of allylic oxidation sites excluding steroid dienone is 16. The minimum Gasteiger partial charge on any atom is -0.452 e. The van der Waals surface area contributed by atoms with Gasteiger partial charge in [-0.05, 0) is 23.9 Å². The monoisotopic (exact) mass is 446 g/mol. The van der Waals surface area contributed by atoms with E-state index in [1.54, 1.807) is 0 Å². The lowest BCUT2D eigenvalue weighted by Gasteiger charge is -2.51. The van der Waals surface area contributed by atoms with Crippen LogP contribution in [0.1, 0.15) is 27.7 Å². The van der Waals surface area contributed by atoms with E-state index in [2.05, 4.69) is 125 Å². The maximum absolute atomic E-state index is 8.05. The van der Waals surface area contributed by atoms with Gasteiger partial charge in [0.05, 0.1) is 0 Å². The van der Waals surface area contributed by atoms with E-state index in [4.69, 9.17) is 4.12 Å². The molecule has 0 fully saturated rings. The number of rotatable bonds is 10. The lowest BCUT2D eigenvalue weighted by Crippen LogP contribution is -2.59. The van der Waals surface area contributed by atoms with Crippen LogP contribution in [0.4, 0.5) is 0 Å². The lowest BCUT2D eigenvalue weighted by molar-refractivity contribution is 0.460. The summed E-state index contributed by atoms with van der Waals surface area (Å²) in [6, 6.07) is 2.39. The number of hydrogen-bond donors (Lipinski definition) is 0. The van der Waals surface area contributed by atoms with Gasteiger partial charge in [0.15, 0.2) is 0 Å². The molecule has 0 spiro atoms. The van der Waals surface area contributed by atoms with Crippen molar-refractivity contribution in [3.8, 4) is 0 Å². The molecule has 0 heterocycles. The maximum Gasteiger partial charge on any atom is 0.201 e. The van der Waals surface area contributed by atoms with E-state index in [9.17, 15) is 0 Å². The van der Waals surface area contributed by atoms with Gasteiger partial charge < -0.3 is 4.12 Å². The summed E-state index contributed by atoms with van der Waals surface area (Å²) >= 11 is 0. The van der Waals surface area contributed by atoms with Gasteiger partial charge in [-0.25, -0.2) is 0 Å². The second-order valence-electron chi connectivity index (χ2n) is 10.4. The molecular formula is C28H38OSi2. The molecule has 0 aromatic rings. The van der Waals surface area contributed by atoms with Gasteiger partial charge in [0.25, 0.3) is 0 Å². The summed E-state index contributed by atoms with van der Waals surface area (Å²) in [7, 11) is -4.50. The molecule has 0 N–H and O–H groups in total. The average Bonchev–Trinajstić information content (AvgIpc) is 3.53. The van der Waals surface area contributed by atoms with Gasteiger partial charge in [0.2, 0.25) is 16.6 Å². The minimum absolute atomic E-state index is 0.440. The van der Waals surface area contributed by atoms with Crippen molar-refractivity contribution in [1.82, 2.24) is 0 Å². The fraction of sp³-hybridized carbons (Fsp3) is 0.429. The van der Waals surface area contributed by atoms with Crippen LogP contribution in [0.2, 0.25) is 34.3 Å². The van der Waals surface area contributed by atoms with Crippen LogP contribution in [0.5, 0.6) is 0 Å². The van der Waals surface area contributed by atoms with Gasteiger partial charge >= 0.3 is 0 Å². The fourth-order valence-electron chi connectivity index (χ4n) is 6.00. The normalized spacial score (nSPS) is 21.6. The summed E-state index contributed by atoms with van der Waals surface area (Å²) in [6.07, 6.45) is 37.4. The highest BCUT2D eigenvalue weighted by molar-refractivity contribution is 6.91. The molecule has 0 radical (unpaired) electrons. The van der Waals surface area contributed by atoms with Crippen LogP contribution in [0.3, 0.4) is 0 Å². The molecule has 0 atom stereocenters. The predicted molar refractivity (Wildman–Crippen MR) is 140 cm³/mol. The quantitative estimate of drug-likeness (QED) is 0.307. The third-order valence-corrected chi connectivity index (χ3v) is 19.1. The largest absolute Gasteiger partial charge is 0.452 e. The van der Waals surface area contributed by atoms with Crippen LogP contribution in [-0.4, -0.2) is 16.6 Å². The molecule has 0 saturated carbocycles. The van der Waals surface area contributed by atoms with Crippen molar-refractivity contribution in [3.63, 3.8) is 0 Å². The van der Waals surface area contributed by atoms with Gasteiger partial charge in [-0.1, -0.05) is 125 Å². The first-order valence-corrected chi connectivity index (χ1v) is 16.6. The minimum atomic E-state index is -2.25. The molecule has 4 aliphatic carbocycles. The zero-order valence-electron chi connectivity index (χ0n) is 19.5. The van der Waals surface area contributed by atoms with Crippen molar-refractivity contribution >= 4 is 16.6 Å². The molecule has 0 aromatic heterocycles. The Bertz CT molecular complexity index is 705. The van der Waals surface area contributed by atoms with Crippen LogP contribution in [0.15, 0.2) is 97.2 Å². The van der Waals surface area contributed by atoms with Crippen LogP contribution < -0.4 is 0 Å². The molecule has 0 amide bonds. The SMILES string of the molecule is CC(C)C[Si](O[Si](CC(C)C)(C1C=CC=C1)C1C=CC=C1)(C1C=CC=C1)C1C=CC=C1. The molecule has 1 nitrogen and oxygen atoms in total. The van der Waals surface area contributed by atoms with Crippen molar-refractivity contribution in [3.05, 3.63) is 97.2 Å². The van der Waals surface area contributed by atoms with Gasteiger partial charge in [0, 0.05) is 22.2 Å². The highest BCUT2D eigenvalue weighted by Crippen LogP contribution is 2.54. The Labute approximate surface area is 191 Å². The first-order chi connectivity index (χ1) is 15.0. The molecule has 0 bridgehead atoms. The molecule has 0 unspecified atom stereocenters. The van der Waals surface area contributed by atoms with Gasteiger partial charge in [-0.2, -0.15) is 0 Å². The molecule has 31 heavy (non-hydrogen) atoms. The molecule has 4 aliphatic rings. The lowest BCUT2D eigenvalue weighted by atomic mass is 10.3. The summed E-state index contributed by atoms with van der Waals surface area (Å²) < 4.78 is 8.05. The summed E-state index contributed by atoms with van der Waals surface area (Å²) in [5.41, 5.74) is 1.76. The highest BCUT2D eigenvalue weighted by atomic mass is 28.4. The summed E-state index contributed by atoms with van der Waals surface area (Å²) in [6.45, 7) is 9.52. The molecule has 164 valence electrons. The van der Waals surface area contributed by atoms with Crippen LogP contribution in [0.25, 0.3) is 0 Å². The standard InChI is InChI=1S/C28H38OSi2/c1-23(2)21-30(25-13-5-6-14-25,26-15-7-8-16-26)29-31(22-24(3)4,27-17-9-10-18-27)28-19-11-12-20-28/h5-20,23-28H,21-22H2,1-4H3. The molecular weight excluding hydrogens is 408 g/mol. The van der Waals surface area contributed by atoms with E-state index in [1.807, 2.05) is 0 Å². The van der Waals surface area contributed by atoms with Crippen molar-refractivity contribution in [2.75, 3.05) is 0 Å². The fourth-order valence-corrected chi connectivity index (χ4v) is 19.7. The maximum atomic E-state index is 8.05. The first-order valence-electron chi connectivity index (χ1n) is 12.1. The molecule has 4 rings (SSSR count). The van der Waals surface area contributed by atoms with Crippen LogP contribution in [0, 0.1) is 11.8 Å². The van der Waals surface area contributed by atoms with E-state index in [0.29, 0.717) is 34.0 Å². The average molecular weight is 447 g/mol. The summed E-state index contributed by atoms with van der Waals surface area (Å²) in [5, 5.41) is 0. The van der Waals surface area contributed by atoms with Crippen molar-refractivity contribution in [2.24, 2.45) is 11.8 Å². The van der Waals surface area contributed by atoms with Crippen molar-refractivity contribution in [1.29, 1.82) is 0 Å². The number of hydrogen-bond acceptors (Lipinski definition) is 1. The van der Waals surface area contributed by atoms with E-state index in [1.165, 1.54) is 12.1 Å². The Hall–Kier alpha value is -1.69. The topological polar surface area (TPSA) is 9.23 Å². The molecule has 0 aromatic carbocycles. The Morgan fingerprint density at radius 1 is 0.484 bits per heavy atom. The van der Waals surface area contributed by atoms with E-state index >= 15 is 0 Å². The van der Waals surface area contributed by atoms with Gasteiger partial charge in [-0.3, -0.25) is 0 Å². The van der Waals surface area contributed by atoms with Gasteiger partial charge in [0.1, 0.15) is 0 Å². The zero-order valence-corrected chi connectivity index (χ0v) is 21.5. The van der Waals surface area contributed by atoms with E-state index < -0.39 is 16.6 Å². The third kappa shape index (κ3) is 4.46. The van der Waals surface area contributed by atoms with E-state index in [0.717, 1.165) is 0 Å². The van der Waals surface area contributed by atoms with Crippen molar-refractivity contribution in [2.45, 2.75) is 61.9 Å². The molecule has 3 heteroatoms. The smallest absolute Gasteiger partial charge is 0.201 e. The third-order valence-electron chi connectivity index (χ3n) is 7.08. The second-order valence-corrected chi connectivity index (χ2v) is 18.5. The Kier molecular flexibility index (Phi) is 6.85. The molecule has 0 aliphatic heterocycles. The first kappa shape index (κ1) is 22.5. The van der Waals surface area contributed by atoms with Crippen LogP contribution >= 0.6 is 0 Å². The summed E-state index contributed by atoms with van der Waals surface area (Å²) in [4.78, 5) is 0. The predicted octanol–water partition coefficient (Wildman–Crippen LogP) is 8.19. The van der Waals surface area contributed by atoms with Gasteiger partial charge in [-0.15, -0.1) is 0 Å². The highest BCUT2D eigenvalue weighted by Gasteiger charge is 2.57. The van der Waals surface area contributed by atoms with Crippen molar-refractivity contribution < 1.29 is 4.12 Å². The summed E-state index contributed by atoms with van der Waals surface area (Å²) in [5.74, 6) is 1.23. The zero-order chi connectivity index (χ0) is 21.9. The van der Waals surface area contributed by atoms with Crippen LogP contribution in [-0.2, 0) is 4.12 Å². The second kappa shape index (κ2) is 9.44. The Morgan fingerprint density at radius 3 is 0.903 bits per heavy atom.